The van der Waals surface area contributed by atoms with Crippen LogP contribution in [0.4, 0.5) is 0 Å². The maximum atomic E-state index is 11.7. The van der Waals surface area contributed by atoms with Gasteiger partial charge in [0, 0.05) is 6.20 Å². The van der Waals surface area contributed by atoms with Crippen molar-refractivity contribution < 1.29 is 9.90 Å². The Morgan fingerprint density at radius 2 is 1.89 bits per heavy atom. The maximum Gasteiger partial charge on any atom is 0.253 e. The minimum absolute atomic E-state index is 0.309. The van der Waals surface area contributed by atoms with Crippen molar-refractivity contribution in [1.29, 1.82) is 0 Å². The van der Waals surface area contributed by atoms with Crippen LogP contribution in [-0.2, 0) is 11.3 Å². The Labute approximate surface area is 105 Å². The number of rotatable bonds is 4. The van der Waals surface area contributed by atoms with Crippen LogP contribution in [0, 0.1) is 0 Å². The third kappa shape index (κ3) is 3.15. The summed E-state index contributed by atoms with van der Waals surface area (Å²) in [5, 5.41) is 12.5. The smallest absolute Gasteiger partial charge is 0.253 e. The Morgan fingerprint density at radius 1 is 1.17 bits per heavy atom. The van der Waals surface area contributed by atoms with Crippen molar-refractivity contribution in [3.8, 4) is 0 Å². The topological polar surface area (TPSA) is 62.2 Å². The molecule has 1 heterocycles. The normalized spacial score (nSPS) is 11.8. The van der Waals surface area contributed by atoms with Gasteiger partial charge in [-0.25, -0.2) is 0 Å². The quantitative estimate of drug-likeness (QED) is 0.852. The van der Waals surface area contributed by atoms with E-state index in [1.807, 2.05) is 24.3 Å². The molecule has 0 aliphatic rings. The van der Waals surface area contributed by atoms with Crippen molar-refractivity contribution in [3.63, 3.8) is 0 Å². The third-order valence-corrected chi connectivity index (χ3v) is 2.53. The summed E-state index contributed by atoms with van der Waals surface area (Å²) in [6, 6.07) is 14.3. The minimum atomic E-state index is -1.14. The van der Waals surface area contributed by atoms with Crippen molar-refractivity contribution in [2.75, 3.05) is 0 Å². The molecule has 1 unspecified atom stereocenters. The molecule has 1 aromatic heterocycles. The van der Waals surface area contributed by atoms with Crippen LogP contribution in [-0.4, -0.2) is 16.0 Å². The van der Waals surface area contributed by atoms with Crippen LogP contribution in [0.25, 0.3) is 0 Å². The van der Waals surface area contributed by atoms with Gasteiger partial charge in [-0.3, -0.25) is 9.78 Å². The van der Waals surface area contributed by atoms with E-state index in [9.17, 15) is 9.90 Å². The molecule has 0 spiro atoms. The first-order valence-corrected chi connectivity index (χ1v) is 5.68. The Balaban J connectivity index is 1.93. The number of amides is 1. The lowest BCUT2D eigenvalue weighted by molar-refractivity contribution is -0.129. The van der Waals surface area contributed by atoms with E-state index in [1.165, 1.54) is 0 Å². The molecule has 1 aromatic carbocycles. The first-order valence-electron chi connectivity index (χ1n) is 5.68. The molecule has 1 atom stereocenters. The van der Waals surface area contributed by atoms with Crippen LogP contribution in [0.2, 0.25) is 0 Å². The van der Waals surface area contributed by atoms with Gasteiger partial charge in [-0.2, -0.15) is 0 Å². The fourth-order valence-electron chi connectivity index (χ4n) is 1.56. The molecule has 18 heavy (non-hydrogen) atoms. The monoisotopic (exact) mass is 242 g/mol. The number of nitrogens with one attached hydrogen (secondary N) is 1. The fraction of sp³-hybridized carbons (Fsp3) is 0.143. The Hall–Kier alpha value is -2.20. The van der Waals surface area contributed by atoms with Crippen LogP contribution in [0.1, 0.15) is 17.4 Å². The van der Waals surface area contributed by atoms with Crippen molar-refractivity contribution in [2.45, 2.75) is 12.6 Å². The number of aliphatic hydroxyl groups excluding tert-OH is 1. The molecule has 4 nitrogen and oxygen atoms in total. The molecule has 0 aliphatic heterocycles. The van der Waals surface area contributed by atoms with E-state index in [-0.39, 0.29) is 0 Å². The lowest BCUT2D eigenvalue weighted by Crippen LogP contribution is -2.29. The Morgan fingerprint density at radius 3 is 2.56 bits per heavy atom. The maximum absolute atomic E-state index is 11.7. The molecule has 92 valence electrons. The van der Waals surface area contributed by atoms with Crippen LogP contribution in [0.15, 0.2) is 54.7 Å². The number of benzene rings is 1. The second kappa shape index (κ2) is 5.93. The SMILES string of the molecule is O=C(NCc1ccccn1)C(O)c1ccccc1. The van der Waals surface area contributed by atoms with Crippen molar-refractivity contribution in [3.05, 3.63) is 66.0 Å². The van der Waals surface area contributed by atoms with Crippen molar-refractivity contribution >= 4 is 5.91 Å². The van der Waals surface area contributed by atoms with Crippen LogP contribution < -0.4 is 5.32 Å². The molecule has 2 aromatic rings. The van der Waals surface area contributed by atoms with E-state index in [1.54, 1.807) is 30.5 Å². The number of aromatic nitrogens is 1. The molecule has 0 saturated heterocycles. The van der Waals surface area contributed by atoms with Crippen LogP contribution in [0.3, 0.4) is 0 Å². The van der Waals surface area contributed by atoms with E-state index in [0.29, 0.717) is 12.1 Å². The minimum Gasteiger partial charge on any atom is -0.378 e. The van der Waals surface area contributed by atoms with Gasteiger partial charge < -0.3 is 10.4 Å². The largest absolute Gasteiger partial charge is 0.378 e. The van der Waals surface area contributed by atoms with Crippen molar-refractivity contribution in [2.24, 2.45) is 0 Å². The summed E-state index contributed by atoms with van der Waals surface area (Å²) in [5.41, 5.74) is 1.34. The molecule has 4 heteroatoms. The second-order valence-electron chi connectivity index (χ2n) is 3.85. The van der Waals surface area contributed by atoms with Gasteiger partial charge in [0.1, 0.15) is 0 Å². The van der Waals surface area contributed by atoms with Gasteiger partial charge in [0.2, 0.25) is 0 Å². The zero-order valence-corrected chi connectivity index (χ0v) is 9.78. The number of aliphatic hydroxyl groups is 1. The standard InChI is InChI=1S/C14H14N2O2/c17-13(11-6-2-1-3-7-11)14(18)16-10-12-8-4-5-9-15-12/h1-9,13,17H,10H2,(H,16,18). The van der Waals surface area contributed by atoms with E-state index >= 15 is 0 Å². The number of carbonyl (C=O) groups is 1. The molecule has 0 bridgehead atoms. The number of pyridine rings is 1. The first-order chi connectivity index (χ1) is 8.77. The Kier molecular flexibility index (Phi) is 4.04. The predicted octanol–water partition coefficient (Wildman–Crippen LogP) is 1.43. The average molecular weight is 242 g/mol. The molecule has 0 saturated carbocycles. The first kappa shape index (κ1) is 12.3. The predicted molar refractivity (Wildman–Crippen MR) is 67.5 cm³/mol. The second-order valence-corrected chi connectivity index (χ2v) is 3.85. The van der Waals surface area contributed by atoms with Gasteiger partial charge in [0.15, 0.2) is 6.10 Å². The van der Waals surface area contributed by atoms with Crippen molar-refractivity contribution in [1.82, 2.24) is 10.3 Å². The molecule has 1 amide bonds. The third-order valence-electron chi connectivity index (χ3n) is 2.53. The lowest BCUT2D eigenvalue weighted by atomic mass is 10.1. The van der Waals surface area contributed by atoms with Crippen LogP contribution in [0.5, 0.6) is 0 Å². The van der Waals surface area contributed by atoms with Gasteiger partial charge in [-0.1, -0.05) is 36.4 Å². The zero-order chi connectivity index (χ0) is 12.8. The zero-order valence-electron chi connectivity index (χ0n) is 9.78. The van der Waals surface area contributed by atoms with Gasteiger partial charge in [0.05, 0.1) is 12.2 Å². The lowest BCUT2D eigenvalue weighted by Gasteiger charge is -2.11. The number of hydrogen-bond donors (Lipinski definition) is 2. The molecular formula is C14H14N2O2. The van der Waals surface area contributed by atoms with Gasteiger partial charge in [-0.05, 0) is 17.7 Å². The fourth-order valence-corrected chi connectivity index (χ4v) is 1.56. The van der Waals surface area contributed by atoms with Crippen LogP contribution >= 0.6 is 0 Å². The molecule has 0 radical (unpaired) electrons. The highest BCUT2D eigenvalue weighted by molar-refractivity contribution is 5.81. The average Bonchev–Trinajstić information content (AvgIpc) is 2.46. The highest BCUT2D eigenvalue weighted by atomic mass is 16.3. The summed E-state index contributed by atoms with van der Waals surface area (Å²) in [4.78, 5) is 15.8. The highest BCUT2D eigenvalue weighted by Crippen LogP contribution is 2.11. The molecular weight excluding hydrogens is 228 g/mol. The highest BCUT2D eigenvalue weighted by Gasteiger charge is 2.16. The molecule has 2 rings (SSSR count). The van der Waals surface area contributed by atoms with Gasteiger partial charge >= 0.3 is 0 Å². The summed E-state index contributed by atoms with van der Waals surface area (Å²) in [6.07, 6.45) is 0.518. The van der Waals surface area contributed by atoms with E-state index in [0.717, 1.165) is 5.69 Å². The number of nitrogens with zero attached hydrogens (tertiary/aromatic N) is 1. The van der Waals surface area contributed by atoms with E-state index < -0.39 is 12.0 Å². The summed E-state index contributed by atoms with van der Waals surface area (Å²) >= 11 is 0. The number of carbonyl (C=O) groups excluding carboxylic acids is 1. The summed E-state index contributed by atoms with van der Waals surface area (Å²) in [6.45, 7) is 0.309. The summed E-state index contributed by atoms with van der Waals surface area (Å²) in [7, 11) is 0. The van der Waals surface area contributed by atoms with E-state index in [4.69, 9.17) is 0 Å². The number of hydrogen-bond acceptors (Lipinski definition) is 3. The molecule has 2 N–H and O–H groups in total. The molecule has 0 fully saturated rings. The van der Waals surface area contributed by atoms with E-state index in [2.05, 4.69) is 10.3 Å². The Bertz CT molecular complexity index is 500. The molecule has 0 aliphatic carbocycles. The van der Waals surface area contributed by atoms with Gasteiger partial charge in [-0.15, -0.1) is 0 Å². The summed E-state index contributed by atoms with van der Waals surface area (Å²) in [5.74, 6) is -0.424. The summed E-state index contributed by atoms with van der Waals surface area (Å²) < 4.78 is 0. The van der Waals surface area contributed by atoms with Gasteiger partial charge in [0.25, 0.3) is 5.91 Å².